The predicted octanol–water partition coefficient (Wildman–Crippen LogP) is 5.16. The van der Waals surface area contributed by atoms with E-state index in [1.165, 1.54) is 9.87 Å². The maximum atomic E-state index is 12.9. The molecule has 4 rings (SSSR count). The molecule has 1 saturated heterocycles. The summed E-state index contributed by atoms with van der Waals surface area (Å²) in [6.07, 6.45) is 5.25. The van der Waals surface area contributed by atoms with Gasteiger partial charge in [0.05, 0.1) is 5.75 Å². The molecule has 1 fully saturated rings. The van der Waals surface area contributed by atoms with Crippen LogP contribution in [0.5, 0.6) is 0 Å². The maximum absolute atomic E-state index is 12.9. The number of carbonyl (C=O) groups excluding carboxylic acids is 1. The molecule has 34 heavy (non-hydrogen) atoms. The number of rotatable bonds is 7. The normalized spacial score (nSPS) is 15.2. The number of pyridine rings is 1. The Morgan fingerprint density at radius 1 is 0.941 bits per heavy atom. The van der Waals surface area contributed by atoms with Gasteiger partial charge in [0.2, 0.25) is 15.9 Å². The number of benzene rings is 2. The number of sulfonamides is 1. The van der Waals surface area contributed by atoms with Gasteiger partial charge in [-0.2, -0.15) is 0 Å². The summed E-state index contributed by atoms with van der Waals surface area (Å²) in [5, 5.41) is 3.62. The molecule has 0 radical (unpaired) electrons. The molecule has 0 saturated carbocycles. The summed E-state index contributed by atoms with van der Waals surface area (Å²) in [5.41, 5.74) is 3.44. The molecular weight excluding hydrogens is 493 g/mol. The topological polar surface area (TPSA) is 79.4 Å². The SMILES string of the molecule is O=C(Nc1ccc(Cc2ccncc2)cc1)C1CCN(S(=O)(=O)Cc2c(Cl)cccc2Cl)CC1. The highest BCUT2D eigenvalue weighted by Crippen LogP contribution is 2.29. The molecular formula is C25H25Cl2N3O3S. The van der Waals surface area contributed by atoms with Gasteiger partial charge in [-0.3, -0.25) is 9.78 Å². The van der Waals surface area contributed by atoms with E-state index in [4.69, 9.17) is 23.2 Å². The third kappa shape index (κ3) is 6.16. The second kappa shape index (κ2) is 10.9. The number of aromatic nitrogens is 1. The Morgan fingerprint density at radius 3 is 2.15 bits per heavy atom. The van der Waals surface area contributed by atoms with Crippen LogP contribution in [-0.4, -0.2) is 36.7 Å². The fourth-order valence-corrected chi connectivity index (χ4v) is 6.34. The van der Waals surface area contributed by atoms with Gasteiger partial charge in [0.15, 0.2) is 0 Å². The van der Waals surface area contributed by atoms with Crippen molar-refractivity contribution in [2.24, 2.45) is 5.92 Å². The first-order chi connectivity index (χ1) is 16.3. The highest BCUT2D eigenvalue weighted by molar-refractivity contribution is 7.88. The van der Waals surface area contributed by atoms with E-state index in [9.17, 15) is 13.2 Å². The van der Waals surface area contributed by atoms with Crippen LogP contribution >= 0.6 is 23.2 Å². The van der Waals surface area contributed by atoms with Gasteiger partial charge in [0, 0.05) is 52.7 Å². The smallest absolute Gasteiger partial charge is 0.227 e. The molecule has 6 nitrogen and oxygen atoms in total. The predicted molar refractivity (Wildman–Crippen MR) is 135 cm³/mol. The highest BCUT2D eigenvalue weighted by Gasteiger charge is 2.32. The summed E-state index contributed by atoms with van der Waals surface area (Å²) in [6.45, 7) is 0.570. The van der Waals surface area contributed by atoms with Crippen molar-refractivity contribution in [2.45, 2.75) is 25.0 Å². The molecule has 0 bridgehead atoms. The lowest BCUT2D eigenvalue weighted by Gasteiger charge is -2.30. The van der Waals surface area contributed by atoms with Crippen LogP contribution in [0.3, 0.4) is 0 Å². The summed E-state index contributed by atoms with van der Waals surface area (Å²) >= 11 is 12.3. The Hall–Kier alpha value is -2.45. The number of halogens is 2. The summed E-state index contributed by atoms with van der Waals surface area (Å²) in [6, 6.07) is 16.6. The minimum Gasteiger partial charge on any atom is -0.326 e. The van der Waals surface area contributed by atoms with Crippen molar-refractivity contribution in [3.63, 3.8) is 0 Å². The number of hydrogen-bond donors (Lipinski definition) is 1. The van der Waals surface area contributed by atoms with Gasteiger partial charge in [0.25, 0.3) is 0 Å². The molecule has 9 heteroatoms. The number of hydrogen-bond acceptors (Lipinski definition) is 4. The monoisotopic (exact) mass is 517 g/mol. The first kappa shape index (κ1) is 24.7. The van der Waals surface area contributed by atoms with Gasteiger partial charge in [-0.15, -0.1) is 0 Å². The zero-order valence-corrected chi connectivity index (χ0v) is 20.8. The molecule has 1 N–H and O–H groups in total. The first-order valence-corrected chi connectivity index (χ1v) is 13.4. The van der Waals surface area contributed by atoms with Crippen LogP contribution in [0.2, 0.25) is 10.0 Å². The van der Waals surface area contributed by atoms with E-state index >= 15 is 0 Å². The van der Waals surface area contributed by atoms with Crippen LogP contribution in [-0.2, 0) is 27.0 Å². The summed E-state index contributed by atoms with van der Waals surface area (Å²) in [4.78, 5) is 16.8. The Labute approximate surface area is 210 Å². The van der Waals surface area contributed by atoms with Gasteiger partial charge in [-0.05, 0) is 66.8 Å². The van der Waals surface area contributed by atoms with Crippen molar-refractivity contribution in [2.75, 3.05) is 18.4 Å². The molecule has 2 aromatic carbocycles. The average molecular weight is 518 g/mol. The van der Waals surface area contributed by atoms with Gasteiger partial charge in [-0.25, -0.2) is 12.7 Å². The number of piperidine rings is 1. The third-order valence-electron chi connectivity index (χ3n) is 5.99. The highest BCUT2D eigenvalue weighted by atomic mass is 35.5. The second-order valence-corrected chi connectivity index (χ2v) is 11.1. The fraction of sp³-hybridized carbons (Fsp3) is 0.280. The van der Waals surface area contributed by atoms with Gasteiger partial charge < -0.3 is 5.32 Å². The van der Waals surface area contributed by atoms with Crippen LogP contribution in [0.25, 0.3) is 0 Å². The molecule has 1 aliphatic rings. The van der Waals surface area contributed by atoms with Crippen molar-refractivity contribution in [3.8, 4) is 0 Å². The van der Waals surface area contributed by atoms with Gasteiger partial charge in [-0.1, -0.05) is 41.4 Å². The number of amides is 1. The molecule has 1 aromatic heterocycles. The van der Waals surface area contributed by atoms with Crippen LogP contribution in [0, 0.1) is 5.92 Å². The van der Waals surface area contributed by atoms with E-state index in [1.807, 2.05) is 36.4 Å². The third-order valence-corrected chi connectivity index (χ3v) is 8.50. The second-order valence-electron chi connectivity index (χ2n) is 8.35. The largest absolute Gasteiger partial charge is 0.326 e. The van der Waals surface area contributed by atoms with Crippen molar-refractivity contribution in [3.05, 3.63) is 93.7 Å². The standard InChI is InChI=1S/C25H25Cl2N3O3S/c26-23-2-1-3-24(27)22(23)17-34(32,33)30-14-10-20(11-15-30)25(31)29-21-6-4-18(5-7-21)16-19-8-12-28-13-9-19/h1-9,12-13,20H,10-11,14-17H2,(H,29,31). The Morgan fingerprint density at radius 2 is 1.53 bits per heavy atom. The Kier molecular flexibility index (Phi) is 7.88. The van der Waals surface area contributed by atoms with E-state index in [2.05, 4.69) is 10.3 Å². The Balaban J connectivity index is 1.30. The molecule has 3 aromatic rings. The number of anilines is 1. The van der Waals surface area contributed by atoms with E-state index in [0.717, 1.165) is 17.7 Å². The number of nitrogens with one attached hydrogen (secondary N) is 1. The molecule has 0 aliphatic carbocycles. The zero-order chi connectivity index (χ0) is 24.1. The van der Waals surface area contributed by atoms with Gasteiger partial charge in [0.1, 0.15) is 0 Å². The van der Waals surface area contributed by atoms with Crippen molar-refractivity contribution >= 4 is 44.8 Å². The minimum atomic E-state index is -3.59. The lowest BCUT2D eigenvalue weighted by Crippen LogP contribution is -2.41. The lowest BCUT2D eigenvalue weighted by atomic mass is 9.97. The van der Waals surface area contributed by atoms with E-state index < -0.39 is 10.0 Å². The lowest BCUT2D eigenvalue weighted by molar-refractivity contribution is -0.120. The molecule has 0 unspecified atom stereocenters. The van der Waals surface area contributed by atoms with Crippen LogP contribution in [0.15, 0.2) is 67.0 Å². The maximum Gasteiger partial charge on any atom is 0.227 e. The van der Waals surface area contributed by atoms with Crippen LogP contribution in [0.1, 0.15) is 29.5 Å². The number of carbonyl (C=O) groups is 1. The summed E-state index contributed by atoms with van der Waals surface area (Å²) < 4.78 is 27.2. The quantitative estimate of drug-likeness (QED) is 0.469. The molecule has 1 aliphatic heterocycles. The molecule has 1 amide bonds. The fourth-order valence-electron chi connectivity index (χ4n) is 4.03. The van der Waals surface area contributed by atoms with E-state index in [1.54, 1.807) is 30.6 Å². The zero-order valence-electron chi connectivity index (χ0n) is 18.5. The summed E-state index contributed by atoms with van der Waals surface area (Å²) in [7, 11) is -3.59. The van der Waals surface area contributed by atoms with Gasteiger partial charge >= 0.3 is 0 Å². The Bertz CT molecular complexity index is 1220. The minimum absolute atomic E-state index is 0.0897. The van der Waals surface area contributed by atoms with Crippen molar-refractivity contribution < 1.29 is 13.2 Å². The molecule has 2 heterocycles. The van der Waals surface area contributed by atoms with Crippen molar-refractivity contribution in [1.29, 1.82) is 0 Å². The van der Waals surface area contributed by atoms with E-state index in [0.29, 0.717) is 28.5 Å². The number of nitrogens with zero attached hydrogens (tertiary/aromatic N) is 2. The average Bonchev–Trinajstić information content (AvgIpc) is 2.83. The van der Waals surface area contributed by atoms with Crippen molar-refractivity contribution in [1.82, 2.24) is 9.29 Å². The molecule has 178 valence electrons. The van der Waals surface area contributed by atoms with Crippen LogP contribution in [0.4, 0.5) is 5.69 Å². The van der Waals surface area contributed by atoms with E-state index in [-0.39, 0.29) is 30.7 Å². The first-order valence-electron chi connectivity index (χ1n) is 11.0. The summed E-state index contributed by atoms with van der Waals surface area (Å²) in [5.74, 6) is -0.589. The van der Waals surface area contributed by atoms with Crippen LogP contribution < -0.4 is 5.32 Å². The molecule has 0 spiro atoms. The molecule has 0 atom stereocenters.